The van der Waals surface area contributed by atoms with Crippen LogP contribution in [0.2, 0.25) is 0 Å². The van der Waals surface area contributed by atoms with Crippen molar-refractivity contribution in [2.75, 3.05) is 6.61 Å². The molecule has 0 aliphatic heterocycles. The van der Waals surface area contributed by atoms with Crippen LogP contribution in [-0.4, -0.2) is 25.0 Å². The molecule has 0 bridgehead atoms. The SMILES string of the molecule is CCCCCCCCCCCCOC(C)S(=O)(=O)O.[Na+]. The second-order valence-electron chi connectivity index (χ2n) is 5.14. The first kappa shape index (κ1) is 23.1. The minimum atomic E-state index is -4.04. The van der Waals surface area contributed by atoms with Crippen LogP contribution < -0.4 is 29.6 Å². The van der Waals surface area contributed by atoms with Gasteiger partial charge in [0, 0.05) is 6.61 Å². The molecule has 1 N–H and O–H groups in total. The van der Waals surface area contributed by atoms with E-state index in [0.29, 0.717) is 6.61 Å². The van der Waals surface area contributed by atoms with Gasteiger partial charge in [0.2, 0.25) is 0 Å². The summed E-state index contributed by atoms with van der Waals surface area (Å²) in [4.78, 5) is 0. The van der Waals surface area contributed by atoms with E-state index in [1.807, 2.05) is 0 Å². The molecule has 0 amide bonds. The van der Waals surface area contributed by atoms with Crippen LogP contribution >= 0.6 is 0 Å². The third kappa shape index (κ3) is 15.3. The first-order chi connectivity index (χ1) is 8.98. The summed E-state index contributed by atoms with van der Waals surface area (Å²) in [6, 6.07) is 0. The normalized spacial score (nSPS) is 12.9. The second-order valence-corrected chi connectivity index (χ2v) is 6.83. The van der Waals surface area contributed by atoms with Gasteiger partial charge in [-0.25, -0.2) is 0 Å². The van der Waals surface area contributed by atoms with E-state index in [0.717, 1.165) is 12.8 Å². The van der Waals surface area contributed by atoms with Crippen molar-refractivity contribution in [1.29, 1.82) is 0 Å². The zero-order chi connectivity index (χ0) is 14.6. The van der Waals surface area contributed by atoms with Crippen molar-refractivity contribution in [3.63, 3.8) is 0 Å². The fourth-order valence-corrected chi connectivity index (χ4v) is 2.19. The molecular formula is C14H30NaO4S+. The van der Waals surface area contributed by atoms with Crippen LogP contribution in [0.3, 0.4) is 0 Å². The van der Waals surface area contributed by atoms with Crippen molar-refractivity contribution in [3.8, 4) is 0 Å². The molecule has 0 saturated heterocycles. The molecule has 0 fully saturated rings. The van der Waals surface area contributed by atoms with Crippen LogP contribution in [0.15, 0.2) is 0 Å². The summed E-state index contributed by atoms with van der Waals surface area (Å²) in [5.74, 6) is 0. The maximum atomic E-state index is 10.7. The molecule has 1 atom stereocenters. The molecule has 1 unspecified atom stereocenters. The van der Waals surface area contributed by atoms with E-state index in [2.05, 4.69) is 6.92 Å². The summed E-state index contributed by atoms with van der Waals surface area (Å²) < 4.78 is 35.1. The van der Waals surface area contributed by atoms with Gasteiger partial charge in [-0.3, -0.25) is 4.55 Å². The second kappa shape index (κ2) is 14.8. The third-order valence-corrected chi connectivity index (χ3v) is 4.24. The largest absolute Gasteiger partial charge is 1.00 e. The summed E-state index contributed by atoms with van der Waals surface area (Å²) in [6.45, 7) is 3.98. The van der Waals surface area contributed by atoms with Gasteiger partial charge in [-0.05, 0) is 13.3 Å². The smallest absolute Gasteiger partial charge is 0.360 e. The molecule has 0 aromatic rings. The first-order valence-electron chi connectivity index (χ1n) is 7.56. The van der Waals surface area contributed by atoms with Gasteiger partial charge < -0.3 is 4.74 Å². The number of unbranched alkanes of at least 4 members (excludes halogenated alkanes) is 9. The van der Waals surface area contributed by atoms with Gasteiger partial charge in [0.1, 0.15) is 0 Å². The maximum absolute atomic E-state index is 10.7. The summed E-state index contributed by atoms with van der Waals surface area (Å²) in [5.41, 5.74) is -1.11. The van der Waals surface area contributed by atoms with E-state index in [4.69, 9.17) is 9.29 Å². The minimum absolute atomic E-state index is 0. The zero-order valence-corrected chi connectivity index (χ0v) is 16.3. The molecule has 4 nitrogen and oxygen atoms in total. The number of rotatable bonds is 13. The molecule has 0 aromatic carbocycles. The van der Waals surface area contributed by atoms with Gasteiger partial charge in [0.15, 0.2) is 5.44 Å². The van der Waals surface area contributed by atoms with E-state index in [-0.39, 0.29) is 29.6 Å². The van der Waals surface area contributed by atoms with Gasteiger partial charge in [0.05, 0.1) is 0 Å². The van der Waals surface area contributed by atoms with Crippen molar-refractivity contribution in [2.45, 2.75) is 83.5 Å². The van der Waals surface area contributed by atoms with Crippen LogP contribution in [-0.2, 0) is 14.9 Å². The van der Waals surface area contributed by atoms with Gasteiger partial charge in [-0.1, -0.05) is 64.7 Å². The molecule has 0 saturated carbocycles. The molecule has 116 valence electrons. The van der Waals surface area contributed by atoms with E-state index >= 15 is 0 Å². The monoisotopic (exact) mass is 317 g/mol. The van der Waals surface area contributed by atoms with Crippen LogP contribution in [0, 0.1) is 0 Å². The van der Waals surface area contributed by atoms with Crippen LogP contribution in [0.4, 0.5) is 0 Å². The van der Waals surface area contributed by atoms with E-state index in [9.17, 15) is 8.42 Å². The third-order valence-electron chi connectivity index (χ3n) is 3.27. The summed E-state index contributed by atoms with van der Waals surface area (Å²) in [7, 11) is -4.04. The quantitative estimate of drug-likeness (QED) is 0.314. The molecule has 0 heterocycles. The van der Waals surface area contributed by atoms with Crippen molar-refractivity contribution in [2.24, 2.45) is 0 Å². The molecule has 0 aliphatic carbocycles. The first-order valence-corrected chi connectivity index (χ1v) is 9.06. The van der Waals surface area contributed by atoms with Gasteiger partial charge in [-0.15, -0.1) is 0 Å². The Morgan fingerprint density at radius 2 is 1.30 bits per heavy atom. The number of hydrogen-bond donors (Lipinski definition) is 1. The molecule has 0 spiro atoms. The fourth-order valence-electron chi connectivity index (χ4n) is 1.92. The van der Waals surface area contributed by atoms with Crippen LogP contribution in [0.25, 0.3) is 0 Å². The zero-order valence-electron chi connectivity index (χ0n) is 13.4. The molecule has 0 radical (unpaired) electrons. The van der Waals surface area contributed by atoms with Gasteiger partial charge in [-0.2, -0.15) is 8.42 Å². The van der Waals surface area contributed by atoms with E-state index < -0.39 is 15.6 Å². The van der Waals surface area contributed by atoms with Crippen molar-refractivity contribution in [3.05, 3.63) is 0 Å². The Morgan fingerprint density at radius 1 is 0.900 bits per heavy atom. The number of ether oxygens (including phenoxy) is 1. The molecule has 0 aliphatic rings. The summed E-state index contributed by atoms with van der Waals surface area (Å²) in [6.07, 6.45) is 12.3. The summed E-state index contributed by atoms with van der Waals surface area (Å²) in [5, 5.41) is 0. The topological polar surface area (TPSA) is 63.6 Å². The van der Waals surface area contributed by atoms with E-state index in [1.54, 1.807) is 0 Å². The van der Waals surface area contributed by atoms with Crippen LogP contribution in [0.1, 0.15) is 78.1 Å². The van der Waals surface area contributed by atoms with E-state index in [1.165, 1.54) is 58.3 Å². The molecule has 0 aromatic heterocycles. The Bertz CT molecular complexity index is 294. The Morgan fingerprint density at radius 3 is 1.70 bits per heavy atom. The Balaban J connectivity index is 0. The van der Waals surface area contributed by atoms with Gasteiger partial charge in [0.25, 0.3) is 10.1 Å². The Hall–Kier alpha value is 0.870. The predicted molar refractivity (Wildman–Crippen MR) is 78.8 cm³/mol. The van der Waals surface area contributed by atoms with Gasteiger partial charge >= 0.3 is 29.6 Å². The number of hydrogen-bond acceptors (Lipinski definition) is 3. The predicted octanol–water partition coefficient (Wildman–Crippen LogP) is 1.16. The standard InChI is InChI=1S/C14H30O4S.Na/c1-3-4-5-6-7-8-9-10-11-12-13-18-14(2)19(15,16)17;/h14H,3-13H2,1-2H3,(H,15,16,17);/q;+1. The van der Waals surface area contributed by atoms with Crippen LogP contribution in [0.5, 0.6) is 0 Å². The summed E-state index contributed by atoms with van der Waals surface area (Å²) >= 11 is 0. The fraction of sp³-hybridized carbons (Fsp3) is 1.00. The molecular weight excluding hydrogens is 287 g/mol. The Labute approximate surface area is 147 Å². The molecule has 6 heteroatoms. The molecule has 0 rings (SSSR count). The van der Waals surface area contributed by atoms with Crippen molar-refractivity contribution < 1.29 is 47.3 Å². The minimum Gasteiger partial charge on any atom is -0.360 e. The van der Waals surface area contributed by atoms with Crippen molar-refractivity contribution >= 4 is 10.1 Å². The Kier molecular flexibility index (Phi) is 17.1. The van der Waals surface area contributed by atoms with Crippen molar-refractivity contribution in [1.82, 2.24) is 0 Å². The average molecular weight is 317 g/mol. The maximum Gasteiger partial charge on any atom is 1.00 e. The molecule has 20 heavy (non-hydrogen) atoms. The average Bonchev–Trinajstić information content (AvgIpc) is 2.34.